The number of hydrogen-bond donors (Lipinski definition) is 2. The average Bonchev–Trinajstić information content (AvgIpc) is 1.81. The molecule has 0 aromatic heterocycles. The second kappa shape index (κ2) is 3.75. The standard InChI is InChI=1S/C3H7ClN2O3S/c1-2-3(7)5-6-10(4,8)9/h6H,2H2,1H3,(H,5,7). The number of carbonyl (C=O) groups excluding carboxylic acids is 1. The maximum Gasteiger partial charge on any atom is 0.314 e. The third-order valence-corrected chi connectivity index (χ3v) is 1.21. The van der Waals surface area contributed by atoms with E-state index in [1.165, 1.54) is 0 Å². The van der Waals surface area contributed by atoms with E-state index in [0.717, 1.165) is 0 Å². The number of nitrogens with one attached hydrogen (secondary N) is 2. The molecule has 0 unspecified atom stereocenters. The summed E-state index contributed by atoms with van der Waals surface area (Å²) in [6.07, 6.45) is 0.194. The summed E-state index contributed by atoms with van der Waals surface area (Å²) in [6.45, 7) is 1.58. The predicted octanol–water partition coefficient (Wildman–Crippen LogP) is -0.499. The van der Waals surface area contributed by atoms with Crippen LogP contribution >= 0.6 is 10.7 Å². The Bertz CT molecular complexity index is 212. The molecule has 0 aliphatic carbocycles. The SMILES string of the molecule is CCC(=O)NNS(=O)(=O)Cl. The van der Waals surface area contributed by atoms with Crippen LogP contribution in [0.1, 0.15) is 13.3 Å². The lowest BCUT2D eigenvalue weighted by Crippen LogP contribution is -2.38. The zero-order chi connectivity index (χ0) is 8.20. The average molecular weight is 187 g/mol. The molecule has 60 valence electrons. The number of halogens is 1. The highest BCUT2D eigenvalue weighted by Gasteiger charge is 2.03. The molecule has 0 bridgehead atoms. The summed E-state index contributed by atoms with van der Waals surface area (Å²) < 4.78 is 20.2. The third kappa shape index (κ3) is 5.80. The first-order chi connectivity index (χ1) is 4.45. The molecule has 0 aromatic rings. The van der Waals surface area contributed by atoms with Gasteiger partial charge in [0.15, 0.2) is 0 Å². The zero-order valence-corrected chi connectivity index (χ0v) is 6.79. The van der Waals surface area contributed by atoms with Gasteiger partial charge in [0.1, 0.15) is 0 Å². The van der Waals surface area contributed by atoms with Crippen LogP contribution < -0.4 is 10.3 Å². The predicted molar refractivity (Wildman–Crippen MR) is 36.3 cm³/mol. The van der Waals surface area contributed by atoms with Gasteiger partial charge < -0.3 is 0 Å². The fourth-order valence-electron chi connectivity index (χ4n) is 0.206. The Kier molecular flexibility index (Phi) is 3.62. The second-order valence-electron chi connectivity index (χ2n) is 1.44. The van der Waals surface area contributed by atoms with Gasteiger partial charge in [-0.1, -0.05) is 6.92 Å². The van der Waals surface area contributed by atoms with Gasteiger partial charge in [-0.2, -0.15) is 8.42 Å². The summed E-state index contributed by atoms with van der Waals surface area (Å²) in [7, 11) is 0.842. The van der Waals surface area contributed by atoms with E-state index in [9.17, 15) is 13.2 Å². The molecular formula is C3H7ClN2O3S. The van der Waals surface area contributed by atoms with Gasteiger partial charge in [0.05, 0.1) is 0 Å². The van der Waals surface area contributed by atoms with Crippen molar-refractivity contribution in [1.29, 1.82) is 0 Å². The summed E-state index contributed by atoms with van der Waals surface area (Å²) in [5.41, 5.74) is 1.86. The second-order valence-corrected chi connectivity index (χ2v) is 3.74. The van der Waals surface area contributed by atoms with Crippen LogP contribution in [0, 0.1) is 0 Å². The normalized spacial score (nSPS) is 11.0. The topological polar surface area (TPSA) is 75.3 Å². The quantitative estimate of drug-likeness (QED) is 0.461. The molecule has 0 atom stereocenters. The molecule has 0 spiro atoms. The molecule has 0 aromatic carbocycles. The van der Waals surface area contributed by atoms with Crippen LogP contribution in [0.2, 0.25) is 0 Å². The molecule has 0 saturated carbocycles. The molecule has 5 nitrogen and oxygen atoms in total. The van der Waals surface area contributed by atoms with Crippen LogP contribution in [0.4, 0.5) is 0 Å². The molecule has 10 heavy (non-hydrogen) atoms. The maximum absolute atomic E-state index is 10.4. The lowest BCUT2D eigenvalue weighted by atomic mass is 10.5. The Labute approximate surface area is 63.3 Å². The first-order valence-electron chi connectivity index (χ1n) is 2.46. The van der Waals surface area contributed by atoms with Crippen molar-refractivity contribution in [3.8, 4) is 0 Å². The van der Waals surface area contributed by atoms with Gasteiger partial charge in [-0.15, -0.1) is 4.83 Å². The van der Waals surface area contributed by atoms with Crippen molar-refractivity contribution in [2.24, 2.45) is 0 Å². The van der Waals surface area contributed by atoms with E-state index >= 15 is 0 Å². The van der Waals surface area contributed by atoms with Gasteiger partial charge in [0.2, 0.25) is 5.91 Å². The van der Waals surface area contributed by atoms with Gasteiger partial charge >= 0.3 is 9.24 Å². The van der Waals surface area contributed by atoms with Crippen LogP contribution in [0.5, 0.6) is 0 Å². The number of hydrazine groups is 1. The molecule has 7 heteroatoms. The number of amides is 1. The Morgan fingerprint density at radius 2 is 2.10 bits per heavy atom. The fourth-order valence-corrected chi connectivity index (χ4v) is 0.558. The fraction of sp³-hybridized carbons (Fsp3) is 0.667. The minimum absolute atomic E-state index is 0.194. The zero-order valence-electron chi connectivity index (χ0n) is 5.22. The van der Waals surface area contributed by atoms with E-state index in [4.69, 9.17) is 0 Å². The highest BCUT2D eigenvalue weighted by atomic mass is 35.7. The molecule has 0 aliphatic rings. The molecule has 2 N–H and O–H groups in total. The molecule has 0 saturated heterocycles. The van der Waals surface area contributed by atoms with E-state index in [2.05, 4.69) is 10.7 Å². The lowest BCUT2D eigenvalue weighted by Gasteiger charge is -1.99. The minimum atomic E-state index is -3.84. The van der Waals surface area contributed by atoms with Gasteiger partial charge in [-0.3, -0.25) is 10.2 Å². The van der Waals surface area contributed by atoms with Crippen molar-refractivity contribution in [1.82, 2.24) is 10.3 Å². The van der Waals surface area contributed by atoms with E-state index in [0.29, 0.717) is 0 Å². The number of hydrogen-bond acceptors (Lipinski definition) is 3. The number of carbonyl (C=O) groups is 1. The highest BCUT2D eigenvalue weighted by Crippen LogP contribution is 1.85. The van der Waals surface area contributed by atoms with Gasteiger partial charge in [0.25, 0.3) is 0 Å². The first kappa shape index (κ1) is 9.67. The van der Waals surface area contributed by atoms with Gasteiger partial charge in [-0.25, -0.2) is 0 Å². The summed E-state index contributed by atoms with van der Waals surface area (Å²) >= 11 is 0. The molecule has 1 amide bonds. The summed E-state index contributed by atoms with van der Waals surface area (Å²) in [6, 6.07) is 0. The van der Waals surface area contributed by atoms with Crippen LogP contribution in [0.15, 0.2) is 0 Å². The summed E-state index contributed by atoms with van der Waals surface area (Å²) in [5.74, 6) is -0.441. The smallest absolute Gasteiger partial charge is 0.277 e. The van der Waals surface area contributed by atoms with Crippen molar-refractivity contribution in [3.05, 3.63) is 0 Å². The Hall–Kier alpha value is -0.330. The van der Waals surface area contributed by atoms with E-state index in [-0.39, 0.29) is 6.42 Å². The highest BCUT2D eigenvalue weighted by molar-refractivity contribution is 8.12. The minimum Gasteiger partial charge on any atom is -0.277 e. The molecule has 0 aliphatic heterocycles. The van der Waals surface area contributed by atoms with Crippen molar-refractivity contribution in [2.75, 3.05) is 0 Å². The Morgan fingerprint density at radius 1 is 1.60 bits per heavy atom. The van der Waals surface area contributed by atoms with E-state index in [1.54, 1.807) is 11.8 Å². The lowest BCUT2D eigenvalue weighted by molar-refractivity contribution is -0.121. The monoisotopic (exact) mass is 186 g/mol. The van der Waals surface area contributed by atoms with Crippen molar-refractivity contribution in [2.45, 2.75) is 13.3 Å². The van der Waals surface area contributed by atoms with Crippen molar-refractivity contribution in [3.63, 3.8) is 0 Å². The van der Waals surface area contributed by atoms with Crippen molar-refractivity contribution >= 4 is 25.8 Å². The molecule has 0 heterocycles. The van der Waals surface area contributed by atoms with E-state index in [1.807, 2.05) is 5.43 Å². The molecule has 0 radical (unpaired) electrons. The Balaban J connectivity index is 3.67. The van der Waals surface area contributed by atoms with Crippen LogP contribution in [-0.2, 0) is 14.0 Å². The van der Waals surface area contributed by atoms with Gasteiger partial charge in [-0.05, 0) is 0 Å². The Morgan fingerprint density at radius 3 is 2.40 bits per heavy atom. The van der Waals surface area contributed by atoms with Crippen molar-refractivity contribution < 1.29 is 13.2 Å². The summed E-state index contributed by atoms with van der Waals surface area (Å²) in [5, 5.41) is 0. The van der Waals surface area contributed by atoms with Crippen LogP contribution in [0.3, 0.4) is 0 Å². The summed E-state index contributed by atoms with van der Waals surface area (Å²) in [4.78, 5) is 12.0. The maximum atomic E-state index is 10.4. The van der Waals surface area contributed by atoms with E-state index < -0.39 is 15.1 Å². The van der Waals surface area contributed by atoms with Crippen LogP contribution in [-0.4, -0.2) is 14.3 Å². The molecule has 0 fully saturated rings. The first-order valence-corrected chi connectivity index (χ1v) is 4.77. The van der Waals surface area contributed by atoms with Gasteiger partial charge in [0, 0.05) is 17.1 Å². The third-order valence-electron chi connectivity index (χ3n) is 0.633. The largest absolute Gasteiger partial charge is 0.314 e. The van der Waals surface area contributed by atoms with Crippen LogP contribution in [0.25, 0.3) is 0 Å². The molecular weight excluding hydrogens is 180 g/mol. The molecule has 0 rings (SSSR count). The number of rotatable bonds is 3.